The number of aliphatic imine (C=N–C) groups is 2. The van der Waals surface area contributed by atoms with E-state index in [0.717, 1.165) is 35.5 Å². The minimum absolute atomic E-state index is 0.175. The Morgan fingerprint density at radius 1 is 1.21 bits per heavy atom. The molecular weight excluding hydrogens is 446 g/mol. The van der Waals surface area contributed by atoms with Crippen molar-refractivity contribution in [3.8, 4) is 0 Å². The van der Waals surface area contributed by atoms with Gasteiger partial charge in [0.2, 0.25) is 5.91 Å². The first-order valence-electron chi connectivity index (χ1n) is 10.8. The zero-order valence-electron chi connectivity index (χ0n) is 18.5. The number of carbonyl (C=O) groups is 2. The first-order chi connectivity index (χ1) is 15.8. The fourth-order valence-corrected chi connectivity index (χ4v) is 4.76. The molecule has 2 aliphatic rings. The lowest BCUT2D eigenvalue weighted by molar-refractivity contribution is -0.125. The van der Waals surface area contributed by atoms with E-state index in [-0.39, 0.29) is 17.5 Å². The van der Waals surface area contributed by atoms with Crippen LogP contribution in [0.3, 0.4) is 0 Å². The van der Waals surface area contributed by atoms with Gasteiger partial charge in [-0.15, -0.1) is 0 Å². The van der Waals surface area contributed by atoms with Crippen LogP contribution in [0.4, 0.5) is 20.2 Å². The molecule has 2 aromatic rings. The minimum Gasteiger partial charge on any atom is -0.323 e. The largest absolute Gasteiger partial charge is 0.323 e. The predicted molar refractivity (Wildman–Crippen MR) is 127 cm³/mol. The number of hydrogen-bond donors (Lipinski definition) is 1. The van der Waals surface area contributed by atoms with Crippen LogP contribution in [0.2, 0.25) is 0 Å². The lowest BCUT2D eigenvalue weighted by Crippen LogP contribution is -2.42. The molecule has 0 aromatic heterocycles. The molecule has 0 bridgehead atoms. The number of rotatable bonds is 6. The molecule has 0 radical (unpaired) electrons. The second kappa shape index (κ2) is 9.43. The Hall–Kier alpha value is -3.07. The number of hydrogen-bond acceptors (Lipinski definition) is 5. The number of nitrogens with zero attached hydrogens (tertiary/aromatic N) is 3. The third kappa shape index (κ3) is 4.68. The molecule has 0 fully saturated rings. The molecule has 9 heteroatoms. The normalized spacial score (nSPS) is 17.9. The van der Waals surface area contributed by atoms with E-state index in [1.807, 2.05) is 38.1 Å². The van der Waals surface area contributed by atoms with Gasteiger partial charge in [-0.25, -0.2) is 18.7 Å². The SMILES string of the molecule is CC[C@@H](SC1=Nc2ccccc2C2=N[C@H](CC(C)C)C(=O)N12)C(=O)Nc1cc(F)ccc1F. The topological polar surface area (TPSA) is 74.1 Å². The summed E-state index contributed by atoms with van der Waals surface area (Å²) >= 11 is 1.11. The number of para-hydroxylation sites is 1. The van der Waals surface area contributed by atoms with E-state index >= 15 is 0 Å². The Balaban J connectivity index is 1.62. The number of fused-ring (bicyclic) bond motifs is 3. The first-order valence-corrected chi connectivity index (χ1v) is 11.7. The van der Waals surface area contributed by atoms with Crippen molar-refractivity contribution in [2.75, 3.05) is 5.32 Å². The summed E-state index contributed by atoms with van der Waals surface area (Å²) in [4.78, 5) is 37.0. The summed E-state index contributed by atoms with van der Waals surface area (Å²) in [6.45, 7) is 5.87. The van der Waals surface area contributed by atoms with Crippen LogP contribution in [0.15, 0.2) is 52.4 Å². The predicted octanol–water partition coefficient (Wildman–Crippen LogP) is 5.12. The minimum atomic E-state index is -0.728. The van der Waals surface area contributed by atoms with E-state index in [1.165, 1.54) is 4.90 Å². The van der Waals surface area contributed by atoms with Crippen molar-refractivity contribution < 1.29 is 18.4 Å². The molecule has 4 rings (SSSR count). The van der Waals surface area contributed by atoms with Crippen molar-refractivity contribution in [3.05, 3.63) is 59.7 Å². The molecule has 0 saturated carbocycles. The van der Waals surface area contributed by atoms with Crippen molar-refractivity contribution in [2.24, 2.45) is 15.9 Å². The molecule has 0 unspecified atom stereocenters. The maximum atomic E-state index is 14.0. The van der Waals surface area contributed by atoms with Gasteiger partial charge in [-0.1, -0.05) is 44.7 Å². The third-order valence-corrected chi connectivity index (χ3v) is 6.66. The maximum absolute atomic E-state index is 14.0. The van der Waals surface area contributed by atoms with Gasteiger partial charge in [0.1, 0.15) is 23.5 Å². The summed E-state index contributed by atoms with van der Waals surface area (Å²) in [5, 5.41) is 2.12. The smallest absolute Gasteiger partial charge is 0.259 e. The van der Waals surface area contributed by atoms with E-state index in [9.17, 15) is 18.4 Å². The molecule has 0 spiro atoms. The summed E-state index contributed by atoms with van der Waals surface area (Å²) in [6, 6.07) is 9.79. The molecular formula is C24H24F2N4O2S. The standard InChI is InChI=1S/C24H24F2N4O2S/c1-4-20(22(31)28-18-12-14(25)9-10-16(18)26)33-24-29-17-8-6-5-7-15(17)21-27-19(11-13(2)3)23(32)30(21)24/h5-10,12-13,19-20H,4,11H2,1-3H3,(H,28,31)/t19-,20-/m1/s1. The molecule has 2 atom stereocenters. The van der Waals surface area contributed by atoms with E-state index in [0.29, 0.717) is 29.5 Å². The number of amides is 2. The highest BCUT2D eigenvalue weighted by molar-refractivity contribution is 8.15. The molecule has 33 heavy (non-hydrogen) atoms. The van der Waals surface area contributed by atoms with E-state index in [1.54, 1.807) is 6.92 Å². The van der Waals surface area contributed by atoms with Gasteiger partial charge in [0, 0.05) is 11.6 Å². The zero-order chi connectivity index (χ0) is 23.7. The molecule has 2 heterocycles. The number of benzene rings is 2. The van der Waals surface area contributed by atoms with Gasteiger partial charge >= 0.3 is 0 Å². The van der Waals surface area contributed by atoms with E-state index in [4.69, 9.17) is 4.99 Å². The maximum Gasteiger partial charge on any atom is 0.259 e. The van der Waals surface area contributed by atoms with Crippen LogP contribution in [-0.4, -0.2) is 39.0 Å². The van der Waals surface area contributed by atoms with Crippen LogP contribution in [0.25, 0.3) is 0 Å². The van der Waals surface area contributed by atoms with Crippen molar-refractivity contribution in [2.45, 2.75) is 44.9 Å². The second-order valence-corrected chi connectivity index (χ2v) is 9.48. The fraction of sp³-hybridized carbons (Fsp3) is 0.333. The van der Waals surface area contributed by atoms with Gasteiger partial charge in [-0.05, 0) is 43.0 Å². The van der Waals surface area contributed by atoms with Crippen molar-refractivity contribution in [1.82, 2.24) is 4.90 Å². The van der Waals surface area contributed by atoms with Crippen LogP contribution < -0.4 is 5.32 Å². The van der Waals surface area contributed by atoms with Gasteiger partial charge in [-0.3, -0.25) is 14.6 Å². The number of halogens is 2. The molecule has 0 aliphatic carbocycles. The quantitative estimate of drug-likeness (QED) is 0.637. The van der Waals surface area contributed by atoms with Crippen LogP contribution in [0.5, 0.6) is 0 Å². The molecule has 6 nitrogen and oxygen atoms in total. The molecule has 0 saturated heterocycles. The number of carbonyl (C=O) groups excluding carboxylic acids is 2. The van der Waals surface area contributed by atoms with Crippen LogP contribution in [-0.2, 0) is 9.59 Å². The van der Waals surface area contributed by atoms with Gasteiger partial charge in [0.25, 0.3) is 5.91 Å². The van der Waals surface area contributed by atoms with Crippen LogP contribution in [0, 0.1) is 17.6 Å². The van der Waals surface area contributed by atoms with Crippen molar-refractivity contribution in [1.29, 1.82) is 0 Å². The summed E-state index contributed by atoms with van der Waals surface area (Å²) in [5.74, 6) is -1.24. The van der Waals surface area contributed by atoms with Gasteiger partial charge < -0.3 is 5.32 Å². The number of nitrogens with one attached hydrogen (secondary N) is 1. The summed E-state index contributed by atoms with van der Waals surface area (Å²) < 4.78 is 27.5. The van der Waals surface area contributed by atoms with Crippen LogP contribution >= 0.6 is 11.8 Å². The number of amidine groups is 2. The summed E-state index contributed by atoms with van der Waals surface area (Å²) in [6.07, 6.45) is 0.994. The second-order valence-electron chi connectivity index (χ2n) is 8.31. The lowest BCUT2D eigenvalue weighted by Gasteiger charge is -2.27. The van der Waals surface area contributed by atoms with Gasteiger partial charge in [0.15, 0.2) is 5.17 Å². The zero-order valence-corrected chi connectivity index (χ0v) is 19.3. The van der Waals surface area contributed by atoms with E-state index in [2.05, 4.69) is 10.3 Å². The highest BCUT2D eigenvalue weighted by atomic mass is 32.2. The third-order valence-electron chi connectivity index (χ3n) is 5.34. The van der Waals surface area contributed by atoms with Crippen LogP contribution in [0.1, 0.15) is 39.2 Å². The highest BCUT2D eigenvalue weighted by Gasteiger charge is 2.42. The Morgan fingerprint density at radius 3 is 2.70 bits per heavy atom. The Morgan fingerprint density at radius 2 is 1.97 bits per heavy atom. The fourth-order valence-electron chi connectivity index (χ4n) is 3.74. The van der Waals surface area contributed by atoms with E-state index < -0.39 is 28.8 Å². The summed E-state index contributed by atoms with van der Waals surface area (Å²) in [5.41, 5.74) is 1.20. The molecule has 2 aliphatic heterocycles. The Kier molecular flexibility index (Phi) is 6.60. The molecule has 2 aromatic carbocycles. The number of thioether (sulfide) groups is 1. The monoisotopic (exact) mass is 470 g/mol. The molecule has 172 valence electrons. The van der Waals surface area contributed by atoms with Crippen molar-refractivity contribution in [3.63, 3.8) is 0 Å². The molecule has 2 amide bonds. The average Bonchev–Trinajstić information content (AvgIpc) is 3.10. The Labute approximate surface area is 195 Å². The van der Waals surface area contributed by atoms with Crippen molar-refractivity contribution >= 4 is 46.0 Å². The van der Waals surface area contributed by atoms with Gasteiger partial charge in [0.05, 0.1) is 16.6 Å². The lowest BCUT2D eigenvalue weighted by atomic mass is 10.0. The number of anilines is 1. The van der Waals surface area contributed by atoms with Gasteiger partial charge in [-0.2, -0.15) is 0 Å². The first kappa shape index (κ1) is 23.1. The highest BCUT2D eigenvalue weighted by Crippen LogP contribution is 2.36. The Bertz CT molecular complexity index is 1160. The molecule has 1 N–H and O–H groups in total. The average molecular weight is 471 g/mol. The summed E-state index contributed by atoms with van der Waals surface area (Å²) in [7, 11) is 0.